The summed E-state index contributed by atoms with van der Waals surface area (Å²) in [6.45, 7) is 2.57. The maximum Gasteiger partial charge on any atom is 0.234 e. The van der Waals surface area contributed by atoms with E-state index in [1.807, 2.05) is 29.1 Å². The molecule has 1 aromatic carbocycles. The quantitative estimate of drug-likeness (QED) is 0.837. The van der Waals surface area contributed by atoms with E-state index in [2.05, 4.69) is 22.5 Å². The highest BCUT2D eigenvalue weighted by atomic mass is 32.2. The van der Waals surface area contributed by atoms with Crippen LogP contribution in [0.1, 0.15) is 18.4 Å². The number of hydrogen-bond acceptors (Lipinski definition) is 4. The van der Waals surface area contributed by atoms with Crippen LogP contribution < -0.4 is 5.32 Å². The predicted molar refractivity (Wildman–Crippen MR) is 97.0 cm³/mol. The first-order chi connectivity index (χ1) is 11.8. The molecule has 1 aliphatic heterocycles. The molecule has 6 heteroatoms. The number of aromatic nitrogens is 2. The molecule has 0 unspecified atom stereocenters. The van der Waals surface area contributed by atoms with Crippen molar-refractivity contribution in [2.75, 3.05) is 24.3 Å². The van der Waals surface area contributed by atoms with Crippen molar-refractivity contribution < 1.29 is 9.53 Å². The van der Waals surface area contributed by atoms with Gasteiger partial charge in [0.05, 0.1) is 17.6 Å². The summed E-state index contributed by atoms with van der Waals surface area (Å²) >= 11 is 1.62. The molecule has 1 saturated heterocycles. The topological polar surface area (TPSA) is 56.2 Å². The Labute approximate surface area is 146 Å². The second-order valence-electron chi connectivity index (χ2n) is 6.03. The number of carbonyl (C=O) groups is 1. The van der Waals surface area contributed by atoms with Crippen molar-refractivity contribution in [3.05, 3.63) is 48.3 Å². The van der Waals surface area contributed by atoms with Gasteiger partial charge in [-0.1, -0.05) is 30.3 Å². The maximum absolute atomic E-state index is 12.0. The van der Waals surface area contributed by atoms with Gasteiger partial charge < -0.3 is 10.1 Å². The molecule has 0 atom stereocenters. The summed E-state index contributed by atoms with van der Waals surface area (Å²) in [4.78, 5) is 12.0. The Balaban J connectivity index is 1.40. The highest BCUT2D eigenvalue weighted by Gasteiger charge is 2.15. The van der Waals surface area contributed by atoms with Crippen molar-refractivity contribution in [3.8, 4) is 0 Å². The van der Waals surface area contributed by atoms with Gasteiger partial charge in [0.1, 0.15) is 0 Å². The van der Waals surface area contributed by atoms with Gasteiger partial charge in [-0.25, -0.2) is 0 Å². The van der Waals surface area contributed by atoms with Crippen LogP contribution in [0.25, 0.3) is 0 Å². The van der Waals surface area contributed by atoms with Crippen LogP contribution in [0, 0.1) is 5.92 Å². The minimum absolute atomic E-state index is 0.0153. The Morgan fingerprint density at radius 1 is 1.29 bits per heavy atom. The monoisotopic (exact) mass is 345 g/mol. The zero-order valence-corrected chi connectivity index (χ0v) is 14.5. The highest BCUT2D eigenvalue weighted by Crippen LogP contribution is 2.18. The van der Waals surface area contributed by atoms with Crippen molar-refractivity contribution in [2.24, 2.45) is 5.92 Å². The molecule has 5 nitrogen and oxygen atoms in total. The third-order valence-corrected chi connectivity index (χ3v) is 5.05. The molecule has 128 valence electrons. The second-order valence-corrected chi connectivity index (χ2v) is 7.02. The molecule has 0 bridgehead atoms. The lowest BCUT2D eigenvalue weighted by Crippen LogP contribution is -2.20. The van der Waals surface area contributed by atoms with Gasteiger partial charge in [-0.05, 0) is 24.3 Å². The molecule has 1 fully saturated rings. The van der Waals surface area contributed by atoms with E-state index in [0.717, 1.165) is 44.0 Å². The van der Waals surface area contributed by atoms with Crippen LogP contribution in [-0.2, 0) is 21.8 Å². The first kappa shape index (κ1) is 17.0. The molecule has 0 spiro atoms. The fraction of sp³-hybridized carbons (Fsp3) is 0.444. The van der Waals surface area contributed by atoms with Crippen LogP contribution in [0.5, 0.6) is 0 Å². The van der Waals surface area contributed by atoms with Crippen molar-refractivity contribution in [3.63, 3.8) is 0 Å². The van der Waals surface area contributed by atoms with Crippen LogP contribution in [0.15, 0.2) is 42.7 Å². The molecule has 1 aromatic heterocycles. The molecule has 1 N–H and O–H groups in total. The highest BCUT2D eigenvalue weighted by molar-refractivity contribution is 7.99. The van der Waals surface area contributed by atoms with E-state index >= 15 is 0 Å². The lowest BCUT2D eigenvalue weighted by molar-refractivity contribution is -0.113. The second kappa shape index (κ2) is 8.89. The number of benzene rings is 1. The lowest BCUT2D eigenvalue weighted by atomic mass is 10.0. The molecule has 0 radical (unpaired) electrons. The van der Waals surface area contributed by atoms with Gasteiger partial charge >= 0.3 is 0 Å². The van der Waals surface area contributed by atoms with Crippen molar-refractivity contribution in [1.29, 1.82) is 0 Å². The average molecular weight is 345 g/mol. The van der Waals surface area contributed by atoms with Crippen molar-refractivity contribution in [1.82, 2.24) is 9.78 Å². The smallest absolute Gasteiger partial charge is 0.234 e. The van der Waals surface area contributed by atoms with Crippen LogP contribution in [-0.4, -0.2) is 34.7 Å². The van der Waals surface area contributed by atoms with E-state index in [1.54, 1.807) is 18.0 Å². The fourth-order valence-corrected chi connectivity index (χ4v) is 3.54. The number of nitrogens with one attached hydrogen (secondary N) is 1. The standard InChI is InChI=1S/C18H23N3O2S/c22-18(14-24-13-16-4-2-1-3-5-16)20-17-10-19-21(12-17)11-15-6-8-23-9-7-15/h1-5,10,12,15H,6-9,11,13-14H2,(H,20,22). The number of ether oxygens (including phenoxy) is 1. The fourth-order valence-electron chi connectivity index (χ4n) is 2.75. The third-order valence-electron chi connectivity index (χ3n) is 4.05. The van der Waals surface area contributed by atoms with Gasteiger partial charge in [0.2, 0.25) is 5.91 Å². The van der Waals surface area contributed by atoms with E-state index in [4.69, 9.17) is 4.74 Å². The molecule has 0 saturated carbocycles. The number of rotatable bonds is 7. The van der Waals surface area contributed by atoms with Gasteiger partial charge in [0.15, 0.2) is 0 Å². The molecular weight excluding hydrogens is 322 g/mol. The Morgan fingerprint density at radius 3 is 2.88 bits per heavy atom. The minimum atomic E-state index is 0.0153. The summed E-state index contributed by atoms with van der Waals surface area (Å²) in [6.07, 6.45) is 5.80. The Morgan fingerprint density at radius 2 is 2.08 bits per heavy atom. The summed E-state index contributed by atoms with van der Waals surface area (Å²) in [7, 11) is 0. The number of nitrogens with zero attached hydrogens (tertiary/aromatic N) is 2. The van der Waals surface area contributed by atoms with E-state index in [1.165, 1.54) is 5.56 Å². The van der Waals surface area contributed by atoms with Crippen LogP contribution >= 0.6 is 11.8 Å². The maximum atomic E-state index is 12.0. The van der Waals surface area contributed by atoms with Crippen LogP contribution in [0.4, 0.5) is 5.69 Å². The largest absolute Gasteiger partial charge is 0.381 e. The van der Waals surface area contributed by atoms with Gasteiger partial charge in [0, 0.05) is 31.7 Å². The van der Waals surface area contributed by atoms with Gasteiger partial charge in [-0.2, -0.15) is 5.10 Å². The normalized spacial score (nSPS) is 15.3. The summed E-state index contributed by atoms with van der Waals surface area (Å²) in [5.74, 6) is 1.92. The van der Waals surface area contributed by atoms with E-state index in [-0.39, 0.29) is 5.91 Å². The van der Waals surface area contributed by atoms with E-state index in [0.29, 0.717) is 11.7 Å². The van der Waals surface area contributed by atoms with Crippen LogP contribution in [0.2, 0.25) is 0 Å². The number of thioether (sulfide) groups is 1. The Bertz CT molecular complexity index is 639. The first-order valence-corrected chi connectivity index (χ1v) is 9.47. The molecule has 2 aromatic rings. The summed E-state index contributed by atoms with van der Waals surface area (Å²) < 4.78 is 7.30. The summed E-state index contributed by atoms with van der Waals surface area (Å²) in [5, 5.41) is 7.26. The van der Waals surface area contributed by atoms with Crippen LogP contribution in [0.3, 0.4) is 0 Å². The number of anilines is 1. The van der Waals surface area contributed by atoms with Crippen molar-refractivity contribution in [2.45, 2.75) is 25.1 Å². The molecule has 24 heavy (non-hydrogen) atoms. The Hall–Kier alpha value is -1.79. The molecular formula is C18H23N3O2S. The van der Waals surface area contributed by atoms with Crippen molar-refractivity contribution >= 4 is 23.4 Å². The van der Waals surface area contributed by atoms with Gasteiger partial charge in [-0.3, -0.25) is 9.48 Å². The van der Waals surface area contributed by atoms with Gasteiger partial charge in [0.25, 0.3) is 0 Å². The summed E-state index contributed by atoms with van der Waals surface area (Å²) in [5.41, 5.74) is 2.01. The zero-order valence-electron chi connectivity index (χ0n) is 13.7. The molecule has 1 amide bonds. The van der Waals surface area contributed by atoms with E-state index in [9.17, 15) is 4.79 Å². The van der Waals surface area contributed by atoms with Gasteiger partial charge in [-0.15, -0.1) is 11.8 Å². The molecule has 2 heterocycles. The number of amides is 1. The lowest BCUT2D eigenvalue weighted by Gasteiger charge is -2.21. The molecule has 1 aliphatic rings. The minimum Gasteiger partial charge on any atom is -0.381 e. The average Bonchev–Trinajstić information content (AvgIpc) is 3.03. The first-order valence-electron chi connectivity index (χ1n) is 8.31. The summed E-state index contributed by atoms with van der Waals surface area (Å²) in [6, 6.07) is 10.2. The predicted octanol–water partition coefficient (Wildman–Crippen LogP) is 3.18. The number of hydrogen-bond donors (Lipinski definition) is 1. The SMILES string of the molecule is O=C(CSCc1ccccc1)Nc1cnn(CC2CCOCC2)c1. The zero-order chi connectivity index (χ0) is 16.6. The molecule has 3 rings (SSSR count). The number of carbonyl (C=O) groups excluding carboxylic acids is 1. The Kier molecular flexibility index (Phi) is 6.32. The molecule has 0 aliphatic carbocycles. The van der Waals surface area contributed by atoms with E-state index < -0.39 is 0 Å². The third kappa shape index (κ3) is 5.39.